The molecular weight excluding hydrogens is 560 g/mol. The van der Waals surface area contributed by atoms with Crippen molar-refractivity contribution in [2.45, 2.75) is 25.7 Å². The van der Waals surface area contributed by atoms with E-state index in [1.165, 1.54) is 90.3 Å². The van der Waals surface area contributed by atoms with E-state index >= 15 is 0 Å². The summed E-state index contributed by atoms with van der Waals surface area (Å²) in [6, 6.07) is 47.9. The second-order valence-corrected chi connectivity index (χ2v) is 12.5. The molecule has 0 atom stereocenters. The molecule has 1 aliphatic rings. The van der Waals surface area contributed by atoms with Gasteiger partial charge in [-0.25, -0.2) is 0 Å². The molecule has 1 heteroatoms. The Kier molecular flexibility index (Phi) is 7.01. The van der Waals surface area contributed by atoms with E-state index in [9.17, 15) is 0 Å². The first-order chi connectivity index (χ1) is 19.8. The van der Waals surface area contributed by atoms with Crippen LogP contribution in [0.1, 0.15) is 25.7 Å². The Morgan fingerprint density at radius 1 is 0.425 bits per heavy atom. The summed E-state index contributed by atoms with van der Waals surface area (Å²) in [6.07, 6.45) is 5.83. The van der Waals surface area contributed by atoms with Crippen LogP contribution in [0.15, 0.2) is 133 Å². The Morgan fingerprint density at radius 2 is 0.825 bits per heavy atom. The van der Waals surface area contributed by atoms with Crippen LogP contribution in [0.25, 0.3) is 64.6 Å². The van der Waals surface area contributed by atoms with E-state index < -0.39 is 0 Å². The van der Waals surface area contributed by atoms with Crippen LogP contribution in [-0.4, -0.2) is 3.21 Å². The van der Waals surface area contributed by atoms with E-state index in [0.29, 0.717) is 0 Å². The van der Waals surface area contributed by atoms with Crippen LogP contribution >= 0.6 is 0 Å². The first kappa shape index (κ1) is 25.3. The summed E-state index contributed by atoms with van der Waals surface area (Å²) in [4.78, 5) is 0. The van der Waals surface area contributed by atoms with Crippen LogP contribution in [0, 0.1) is 0 Å². The first-order valence-electron chi connectivity index (χ1n) is 14.2. The molecule has 8 aromatic carbocycles. The Balaban J connectivity index is 0.000000110. The maximum atomic E-state index is 2.21. The van der Waals surface area contributed by atoms with Crippen molar-refractivity contribution in [3.63, 3.8) is 0 Å². The molecule has 9 rings (SSSR count). The molecule has 0 unspecified atom stereocenters. The molecule has 8 aromatic rings. The van der Waals surface area contributed by atoms with Gasteiger partial charge in [-0.1, -0.05) is 117 Å². The first-order valence-corrected chi connectivity index (χ1v) is 15.5. The van der Waals surface area contributed by atoms with Crippen molar-refractivity contribution in [1.82, 2.24) is 0 Å². The van der Waals surface area contributed by atoms with Gasteiger partial charge >= 0.3 is 53.1 Å². The minimum atomic E-state index is 1.31. The summed E-state index contributed by atoms with van der Waals surface area (Å²) in [5.41, 5.74) is 0. The molecule has 1 saturated carbocycles. The van der Waals surface area contributed by atoms with E-state index in [2.05, 4.69) is 133 Å². The average Bonchev–Trinajstić information content (AvgIpc) is 3.79. The molecule has 0 amide bonds. The summed E-state index contributed by atoms with van der Waals surface area (Å²) in [5, 5.41) is 16.1. The minimum Gasteiger partial charge on any atom is -0.168 e. The monoisotopic (exact) mass is 588 g/mol. The maximum absolute atomic E-state index is 2.21. The van der Waals surface area contributed by atoms with Gasteiger partial charge in [-0.3, -0.25) is 0 Å². The Labute approximate surface area is 249 Å². The quantitative estimate of drug-likeness (QED) is 0.122. The van der Waals surface area contributed by atoms with Crippen molar-refractivity contribution in [3.05, 3.63) is 133 Å². The zero-order valence-electron chi connectivity index (χ0n) is 22.5. The fourth-order valence-electron chi connectivity index (χ4n) is 6.23. The molecular formula is C39H30Zr. The van der Waals surface area contributed by atoms with Crippen LogP contribution in [-0.2, 0) is 24.2 Å². The smallest absolute Gasteiger partial charge is 0.0271 e. The summed E-state index contributed by atoms with van der Waals surface area (Å²) in [5.74, 6) is 0. The van der Waals surface area contributed by atoms with Crippen molar-refractivity contribution >= 4 is 67.8 Å². The van der Waals surface area contributed by atoms with Crippen LogP contribution in [0.2, 0.25) is 0 Å². The second-order valence-electron chi connectivity index (χ2n) is 10.8. The molecule has 0 heterocycles. The van der Waals surface area contributed by atoms with Gasteiger partial charge in [-0.05, 0) is 10.8 Å². The molecule has 0 N–H and O–H groups in total. The van der Waals surface area contributed by atoms with E-state index in [0.717, 1.165) is 0 Å². The third-order valence-corrected chi connectivity index (χ3v) is 9.48. The number of fused-ring (bicyclic) bond motifs is 10. The molecule has 0 radical (unpaired) electrons. The van der Waals surface area contributed by atoms with E-state index in [-0.39, 0.29) is 0 Å². The van der Waals surface area contributed by atoms with Gasteiger partial charge in [-0.2, -0.15) is 24.3 Å². The summed E-state index contributed by atoms with van der Waals surface area (Å²) in [7, 11) is 0. The van der Waals surface area contributed by atoms with Gasteiger partial charge in [0, 0.05) is 0 Å². The third-order valence-electron chi connectivity index (χ3n) is 8.25. The Hall–Kier alpha value is -3.67. The molecule has 0 aromatic heterocycles. The number of hydrogen-bond donors (Lipinski definition) is 0. The number of rotatable bonds is 0. The summed E-state index contributed by atoms with van der Waals surface area (Å²) in [6.45, 7) is 0. The van der Waals surface area contributed by atoms with Gasteiger partial charge in [0.1, 0.15) is 0 Å². The van der Waals surface area contributed by atoms with Crippen LogP contribution in [0.3, 0.4) is 0 Å². The molecule has 1 aliphatic carbocycles. The topological polar surface area (TPSA) is 0 Å². The third kappa shape index (κ3) is 4.78. The predicted octanol–water partition coefficient (Wildman–Crippen LogP) is 11.0. The fraction of sp³-hybridized carbons (Fsp3) is 0.103. The van der Waals surface area contributed by atoms with E-state index in [1.807, 2.05) is 0 Å². The number of hydrogen-bond acceptors (Lipinski definition) is 0. The van der Waals surface area contributed by atoms with Crippen molar-refractivity contribution in [2.24, 2.45) is 0 Å². The van der Waals surface area contributed by atoms with Gasteiger partial charge in [0.05, 0.1) is 0 Å². The molecule has 0 aliphatic heterocycles. The largest absolute Gasteiger partial charge is 0.168 e. The maximum Gasteiger partial charge on any atom is -0.0271 e. The van der Waals surface area contributed by atoms with E-state index in [4.69, 9.17) is 0 Å². The molecule has 0 nitrogen and oxygen atoms in total. The Morgan fingerprint density at radius 3 is 1.25 bits per heavy atom. The van der Waals surface area contributed by atoms with Crippen molar-refractivity contribution < 1.29 is 24.2 Å². The van der Waals surface area contributed by atoms with Crippen LogP contribution in [0.5, 0.6) is 0 Å². The van der Waals surface area contributed by atoms with Gasteiger partial charge in [0.25, 0.3) is 0 Å². The van der Waals surface area contributed by atoms with E-state index in [1.54, 1.807) is 27.4 Å². The van der Waals surface area contributed by atoms with Crippen molar-refractivity contribution in [1.29, 1.82) is 0 Å². The number of benzene rings is 6. The van der Waals surface area contributed by atoms with Gasteiger partial charge in [0.15, 0.2) is 0 Å². The normalized spacial score (nSPS) is 13.2. The second kappa shape index (κ2) is 11.1. The Bertz CT molecular complexity index is 1980. The molecule has 1 fully saturated rings. The van der Waals surface area contributed by atoms with Crippen molar-refractivity contribution in [3.8, 4) is 0 Å². The fourth-order valence-corrected chi connectivity index (χ4v) is 7.10. The van der Waals surface area contributed by atoms with Gasteiger partial charge in [-0.15, -0.1) is 45.8 Å². The zero-order valence-corrected chi connectivity index (χ0v) is 25.0. The summed E-state index contributed by atoms with van der Waals surface area (Å²) < 4.78 is 1.79. The zero-order chi connectivity index (χ0) is 26.9. The molecule has 0 bridgehead atoms. The predicted molar refractivity (Wildman–Crippen MR) is 173 cm³/mol. The van der Waals surface area contributed by atoms with Crippen molar-refractivity contribution in [2.75, 3.05) is 0 Å². The van der Waals surface area contributed by atoms with Gasteiger partial charge < -0.3 is 0 Å². The summed E-state index contributed by atoms with van der Waals surface area (Å²) >= 11 is 1.68. The standard InChI is InChI=1S/2C17H11.C5H8.Zr/c2*1-2-6-15-12(4-1)8-10-14-11-9-13-5-3-7-16(13)17(14)15;1-2-4-5-3-1;/h2*1-11H;1-4H2;/q2*-1;;+2. The SMILES string of the molecule is [Zr+2]=[C]1CCCC1.c1ccc2c(c1)ccc1ccc3cc[cH-]c3c12.c1ccc2c(c1)ccc1ccc3cc[cH-]c3c12. The van der Waals surface area contributed by atoms with Crippen LogP contribution < -0.4 is 0 Å². The average molecular weight is 590 g/mol. The molecule has 0 spiro atoms. The minimum absolute atomic E-state index is 1.31. The molecule has 40 heavy (non-hydrogen) atoms. The van der Waals surface area contributed by atoms with Gasteiger partial charge in [0.2, 0.25) is 0 Å². The van der Waals surface area contributed by atoms with Crippen LogP contribution in [0.4, 0.5) is 0 Å². The molecule has 0 saturated heterocycles. The molecule has 190 valence electrons.